The molecule has 1 aromatic carbocycles. The topological polar surface area (TPSA) is 36.0 Å². The summed E-state index contributed by atoms with van der Waals surface area (Å²) < 4.78 is 0. The fourth-order valence-electron chi connectivity index (χ4n) is 1.16. The molecular formula is C10H8Cl2N2O. The summed E-state index contributed by atoms with van der Waals surface area (Å²) in [5.74, 6) is 0. The van der Waals surface area contributed by atoms with Gasteiger partial charge < -0.3 is 0 Å². The van der Waals surface area contributed by atoms with Crippen LogP contribution in [0, 0.1) is 11.3 Å². The van der Waals surface area contributed by atoms with Gasteiger partial charge in [-0.25, -0.2) is 0 Å². The maximum atomic E-state index is 8.54. The van der Waals surface area contributed by atoms with E-state index in [4.69, 9.17) is 33.3 Å². The van der Waals surface area contributed by atoms with Crippen LogP contribution in [0.4, 0.5) is 0 Å². The minimum atomic E-state index is -0.0900. The number of hydrogen-bond donors (Lipinski definition) is 0. The molecule has 5 heteroatoms. The maximum Gasteiger partial charge on any atom is 0.137 e. The molecule has 15 heavy (non-hydrogen) atoms. The first kappa shape index (κ1) is 10.7. The molecular weight excluding hydrogens is 235 g/mol. The molecule has 0 radical (unpaired) electrons. The van der Waals surface area contributed by atoms with E-state index in [9.17, 15) is 0 Å². The van der Waals surface area contributed by atoms with E-state index in [2.05, 4.69) is 6.07 Å². The monoisotopic (exact) mass is 242 g/mol. The third kappa shape index (κ3) is 2.61. The number of hydrogen-bond acceptors (Lipinski definition) is 3. The molecule has 1 fully saturated rings. The highest BCUT2D eigenvalue weighted by atomic mass is 35.5. The molecule has 2 atom stereocenters. The van der Waals surface area contributed by atoms with E-state index in [0.717, 1.165) is 5.56 Å². The Morgan fingerprint density at radius 3 is 2.87 bits per heavy atom. The lowest BCUT2D eigenvalue weighted by Gasteiger charge is -2.04. The van der Waals surface area contributed by atoms with Crippen LogP contribution in [0.15, 0.2) is 18.2 Å². The predicted octanol–water partition coefficient (Wildman–Crippen LogP) is 2.63. The smallest absolute Gasteiger partial charge is 0.137 e. The van der Waals surface area contributed by atoms with Crippen molar-refractivity contribution in [3.8, 4) is 6.07 Å². The van der Waals surface area contributed by atoms with E-state index < -0.39 is 0 Å². The highest BCUT2D eigenvalue weighted by Crippen LogP contribution is 2.24. The van der Waals surface area contributed by atoms with Gasteiger partial charge in [-0.3, -0.25) is 4.84 Å². The molecule has 3 nitrogen and oxygen atoms in total. The molecule has 0 spiro atoms. The molecule has 0 aliphatic carbocycles. The lowest BCUT2D eigenvalue weighted by molar-refractivity contribution is -0.0826. The average molecular weight is 243 g/mol. The Bertz CT molecular complexity index is 416. The predicted molar refractivity (Wildman–Crippen MR) is 57.4 cm³/mol. The van der Waals surface area contributed by atoms with Crippen LogP contribution in [-0.2, 0) is 11.4 Å². The largest absolute Gasteiger partial charge is 0.293 e. The van der Waals surface area contributed by atoms with Crippen molar-refractivity contribution in [1.82, 2.24) is 5.06 Å². The van der Waals surface area contributed by atoms with E-state index >= 15 is 0 Å². The number of halogens is 2. The van der Waals surface area contributed by atoms with Gasteiger partial charge in [-0.1, -0.05) is 29.3 Å². The Labute approximate surface area is 97.7 Å². The zero-order chi connectivity index (χ0) is 10.8. The molecule has 2 rings (SSSR count). The van der Waals surface area contributed by atoms with Gasteiger partial charge in [0, 0.05) is 0 Å². The first-order valence-corrected chi connectivity index (χ1v) is 5.19. The quantitative estimate of drug-likeness (QED) is 0.765. The molecule has 0 N–H and O–H groups in total. The van der Waals surface area contributed by atoms with Gasteiger partial charge in [-0.15, -0.1) is 0 Å². The third-order valence-corrected chi connectivity index (χ3v) is 2.84. The van der Waals surface area contributed by atoms with Crippen molar-refractivity contribution in [3.05, 3.63) is 33.8 Å². The Balaban J connectivity index is 1.89. The van der Waals surface area contributed by atoms with Crippen LogP contribution in [0.5, 0.6) is 0 Å². The molecule has 1 saturated heterocycles. The molecule has 2 unspecified atom stereocenters. The Kier molecular flexibility index (Phi) is 3.13. The minimum absolute atomic E-state index is 0.0900. The van der Waals surface area contributed by atoms with Crippen LogP contribution in [-0.4, -0.2) is 17.6 Å². The van der Waals surface area contributed by atoms with Gasteiger partial charge in [0.15, 0.2) is 0 Å². The van der Waals surface area contributed by atoms with Crippen molar-refractivity contribution in [3.63, 3.8) is 0 Å². The fraction of sp³-hybridized carbons (Fsp3) is 0.300. The van der Waals surface area contributed by atoms with Crippen LogP contribution in [0.1, 0.15) is 5.56 Å². The van der Waals surface area contributed by atoms with Crippen molar-refractivity contribution in [2.24, 2.45) is 0 Å². The van der Waals surface area contributed by atoms with Crippen LogP contribution >= 0.6 is 23.2 Å². The standard InChI is InChI=1S/C10H8Cl2N2O/c11-9-2-1-7(3-10(9)12)6-15-14-5-8(14)4-13/h1-3,8H,5-6H2. The highest BCUT2D eigenvalue weighted by Gasteiger charge is 2.35. The Morgan fingerprint density at radius 2 is 2.27 bits per heavy atom. The summed E-state index contributed by atoms with van der Waals surface area (Å²) in [6, 6.07) is 7.34. The van der Waals surface area contributed by atoms with Crippen molar-refractivity contribution >= 4 is 23.2 Å². The SMILES string of the molecule is N#CC1CN1OCc1ccc(Cl)c(Cl)c1. The number of nitrogens with zero attached hydrogens (tertiary/aromatic N) is 2. The number of nitriles is 1. The average Bonchev–Trinajstić information content (AvgIpc) is 2.98. The molecule has 0 bridgehead atoms. The summed E-state index contributed by atoms with van der Waals surface area (Å²) in [4.78, 5) is 5.35. The fourth-order valence-corrected chi connectivity index (χ4v) is 1.48. The van der Waals surface area contributed by atoms with Crippen LogP contribution in [0.25, 0.3) is 0 Å². The zero-order valence-corrected chi connectivity index (χ0v) is 9.29. The zero-order valence-electron chi connectivity index (χ0n) is 7.78. The second kappa shape index (κ2) is 4.38. The van der Waals surface area contributed by atoms with Crippen LogP contribution < -0.4 is 0 Å². The maximum absolute atomic E-state index is 8.54. The van der Waals surface area contributed by atoms with E-state index in [1.54, 1.807) is 17.2 Å². The number of rotatable bonds is 3. The van der Waals surface area contributed by atoms with Crippen molar-refractivity contribution in [1.29, 1.82) is 5.26 Å². The molecule has 1 aliphatic rings. The van der Waals surface area contributed by atoms with Crippen LogP contribution in [0.3, 0.4) is 0 Å². The van der Waals surface area contributed by atoms with Gasteiger partial charge >= 0.3 is 0 Å². The van der Waals surface area contributed by atoms with Crippen molar-refractivity contribution < 1.29 is 4.84 Å². The Morgan fingerprint density at radius 1 is 1.47 bits per heavy atom. The lowest BCUT2D eigenvalue weighted by atomic mass is 10.2. The van der Waals surface area contributed by atoms with Crippen LogP contribution in [0.2, 0.25) is 10.0 Å². The van der Waals surface area contributed by atoms with Gasteiger partial charge in [0.1, 0.15) is 6.04 Å². The third-order valence-electron chi connectivity index (χ3n) is 2.10. The highest BCUT2D eigenvalue weighted by molar-refractivity contribution is 6.41. The summed E-state index contributed by atoms with van der Waals surface area (Å²) in [5.41, 5.74) is 0.938. The second-order valence-corrected chi connectivity index (χ2v) is 4.08. The number of hydroxylamine groups is 2. The van der Waals surface area contributed by atoms with Crippen molar-refractivity contribution in [2.75, 3.05) is 6.54 Å². The van der Waals surface area contributed by atoms with E-state index in [-0.39, 0.29) is 6.04 Å². The summed E-state index contributed by atoms with van der Waals surface area (Å²) in [5, 5.41) is 11.2. The molecule has 1 heterocycles. The number of benzene rings is 1. The van der Waals surface area contributed by atoms with E-state index in [1.165, 1.54) is 0 Å². The first-order valence-electron chi connectivity index (χ1n) is 4.44. The van der Waals surface area contributed by atoms with Gasteiger partial charge in [-0.2, -0.15) is 10.3 Å². The molecule has 0 aromatic heterocycles. The molecule has 78 valence electrons. The van der Waals surface area contributed by atoms with Gasteiger partial charge in [0.2, 0.25) is 0 Å². The normalized spacial score (nSPS) is 23.5. The second-order valence-electron chi connectivity index (χ2n) is 3.27. The molecule has 0 saturated carbocycles. The molecule has 0 amide bonds. The Hall–Kier alpha value is -0.790. The summed E-state index contributed by atoms with van der Waals surface area (Å²) in [6.07, 6.45) is 0. The molecule has 1 aromatic rings. The molecule has 1 aliphatic heterocycles. The minimum Gasteiger partial charge on any atom is -0.293 e. The van der Waals surface area contributed by atoms with Crippen molar-refractivity contribution in [2.45, 2.75) is 12.6 Å². The van der Waals surface area contributed by atoms with Gasteiger partial charge in [0.25, 0.3) is 0 Å². The summed E-state index contributed by atoms with van der Waals surface area (Å²) in [7, 11) is 0. The first-order chi connectivity index (χ1) is 7.20. The van der Waals surface area contributed by atoms with Gasteiger partial charge in [-0.05, 0) is 17.7 Å². The summed E-state index contributed by atoms with van der Waals surface area (Å²) in [6.45, 7) is 1.09. The van der Waals surface area contributed by atoms with E-state index in [0.29, 0.717) is 23.2 Å². The summed E-state index contributed by atoms with van der Waals surface area (Å²) >= 11 is 11.6. The van der Waals surface area contributed by atoms with Gasteiger partial charge in [0.05, 0.1) is 29.3 Å². The van der Waals surface area contributed by atoms with E-state index in [1.807, 2.05) is 6.07 Å². The lowest BCUT2D eigenvalue weighted by Crippen LogP contribution is -2.02.